The number of hydrogen-bond donors (Lipinski definition) is 0. The molecule has 2 heterocycles. The molecule has 0 aliphatic rings. The maximum absolute atomic E-state index is 14.3. The van der Waals surface area contributed by atoms with Crippen LogP contribution in [0, 0.1) is 5.82 Å². The molecule has 0 amide bonds. The van der Waals surface area contributed by atoms with E-state index in [-0.39, 0.29) is 5.88 Å². The molecule has 6 heteroatoms. The molecule has 3 aromatic rings. The minimum Gasteiger partial charge on any atom is -0.481 e. The van der Waals surface area contributed by atoms with Gasteiger partial charge in [-0.1, -0.05) is 15.9 Å². The van der Waals surface area contributed by atoms with E-state index in [1.807, 2.05) is 24.3 Å². The molecule has 0 aliphatic carbocycles. The van der Waals surface area contributed by atoms with Crippen LogP contribution in [0.2, 0.25) is 0 Å². The Morgan fingerprint density at radius 3 is 2.57 bits per heavy atom. The van der Waals surface area contributed by atoms with Gasteiger partial charge in [0.05, 0.1) is 19.7 Å². The highest BCUT2D eigenvalue weighted by Gasteiger charge is 2.14. The van der Waals surface area contributed by atoms with Crippen molar-refractivity contribution in [2.75, 3.05) is 14.2 Å². The standard InChI is InChI=1S/C17H14BrFN2O2/c1-22-16-12(7-10-5-6-20-17(23-2)15(10)19)8-11-9-13(18)3-4-14(11)21-16/h3-6,8-9H,7H2,1-2H3. The molecule has 0 atom stereocenters. The Labute approximate surface area is 141 Å². The lowest BCUT2D eigenvalue weighted by Crippen LogP contribution is -2.01. The monoisotopic (exact) mass is 376 g/mol. The van der Waals surface area contributed by atoms with Gasteiger partial charge in [-0.3, -0.25) is 0 Å². The molecule has 0 aliphatic heterocycles. The van der Waals surface area contributed by atoms with E-state index in [1.54, 1.807) is 13.2 Å². The number of hydrogen-bond acceptors (Lipinski definition) is 4. The Kier molecular flexibility index (Phi) is 4.43. The minimum atomic E-state index is -0.466. The number of rotatable bonds is 4. The molecule has 0 unspecified atom stereocenters. The van der Waals surface area contributed by atoms with Crippen molar-refractivity contribution in [1.29, 1.82) is 0 Å². The molecule has 1 aromatic carbocycles. The highest BCUT2D eigenvalue weighted by atomic mass is 79.9. The average molecular weight is 377 g/mol. The van der Waals surface area contributed by atoms with Crippen LogP contribution >= 0.6 is 15.9 Å². The predicted octanol–water partition coefficient (Wildman–Crippen LogP) is 4.14. The molecule has 23 heavy (non-hydrogen) atoms. The van der Waals surface area contributed by atoms with Gasteiger partial charge in [0, 0.05) is 28.0 Å². The zero-order valence-electron chi connectivity index (χ0n) is 12.6. The second-order valence-electron chi connectivity index (χ2n) is 4.96. The summed E-state index contributed by atoms with van der Waals surface area (Å²) >= 11 is 3.45. The Morgan fingerprint density at radius 2 is 1.83 bits per heavy atom. The SMILES string of the molecule is COc1nc2ccc(Br)cc2cc1Cc1ccnc(OC)c1F. The molecular weight excluding hydrogens is 363 g/mol. The lowest BCUT2D eigenvalue weighted by atomic mass is 10.0. The Morgan fingerprint density at radius 1 is 1.04 bits per heavy atom. The molecule has 3 rings (SSSR count). The number of fused-ring (bicyclic) bond motifs is 1. The van der Waals surface area contributed by atoms with Crippen molar-refractivity contribution >= 4 is 26.8 Å². The summed E-state index contributed by atoms with van der Waals surface area (Å²) in [7, 11) is 2.95. The third-order valence-electron chi connectivity index (χ3n) is 3.52. The Balaban J connectivity index is 2.08. The van der Waals surface area contributed by atoms with Crippen LogP contribution in [-0.2, 0) is 6.42 Å². The van der Waals surface area contributed by atoms with E-state index in [2.05, 4.69) is 25.9 Å². The molecule has 4 nitrogen and oxygen atoms in total. The van der Waals surface area contributed by atoms with Gasteiger partial charge in [-0.25, -0.2) is 14.4 Å². The van der Waals surface area contributed by atoms with Crippen molar-refractivity contribution in [2.24, 2.45) is 0 Å². The zero-order valence-corrected chi connectivity index (χ0v) is 14.2. The summed E-state index contributed by atoms with van der Waals surface area (Å²) < 4.78 is 25.6. The van der Waals surface area contributed by atoms with Gasteiger partial charge in [-0.2, -0.15) is 0 Å². The highest BCUT2D eigenvalue weighted by molar-refractivity contribution is 9.10. The van der Waals surface area contributed by atoms with E-state index in [4.69, 9.17) is 9.47 Å². The van der Waals surface area contributed by atoms with E-state index >= 15 is 0 Å². The van der Waals surface area contributed by atoms with Gasteiger partial charge in [-0.15, -0.1) is 0 Å². The van der Waals surface area contributed by atoms with E-state index in [9.17, 15) is 4.39 Å². The number of methoxy groups -OCH3 is 2. The molecule has 0 saturated heterocycles. The maximum Gasteiger partial charge on any atom is 0.250 e. The van der Waals surface area contributed by atoms with E-state index in [0.717, 1.165) is 20.9 Å². The molecule has 0 radical (unpaired) electrons. The maximum atomic E-state index is 14.3. The summed E-state index contributed by atoms with van der Waals surface area (Å²) in [4.78, 5) is 8.34. The second kappa shape index (κ2) is 6.50. The van der Waals surface area contributed by atoms with E-state index < -0.39 is 5.82 Å². The van der Waals surface area contributed by atoms with Crippen LogP contribution < -0.4 is 9.47 Å². The fourth-order valence-corrected chi connectivity index (χ4v) is 2.80. The van der Waals surface area contributed by atoms with Crippen LogP contribution in [0.1, 0.15) is 11.1 Å². The number of aromatic nitrogens is 2. The molecule has 0 saturated carbocycles. The van der Waals surface area contributed by atoms with Crippen LogP contribution in [-0.4, -0.2) is 24.2 Å². The highest BCUT2D eigenvalue weighted by Crippen LogP contribution is 2.28. The molecule has 0 spiro atoms. The molecule has 0 N–H and O–H groups in total. The van der Waals surface area contributed by atoms with Crippen molar-refractivity contribution in [3.05, 3.63) is 57.9 Å². The number of halogens is 2. The van der Waals surface area contributed by atoms with Gasteiger partial charge in [0.15, 0.2) is 5.82 Å². The number of ether oxygens (including phenoxy) is 2. The van der Waals surface area contributed by atoms with Crippen LogP contribution in [0.25, 0.3) is 10.9 Å². The Bertz CT molecular complexity index is 871. The minimum absolute atomic E-state index is 0.0158. The van der Waals surface area contributed by atoms with Crippen molar-refractivity contribution in [3.8, 4) is 11.8 Å². The summed E-state index contributed by atoms with van der Waals surface area (Å²) in [6, 6.07) is 9.37. The first-order chi connectivity index (χ1) is 11.1. The molecule has 0 bridgehead atoms. The topological polar surface area (TPSA) is 44.2 Å². The number of benzene rings is 1. The average Bonchev–Trinajstić information content (AvgIpc) is 2.56. The van der Waals surface area contributed by atoms with Gasteiger partial charge in [0.25, 0.3) is 0 Å². The molecular formula is C17H14BrFN2O2. The third kappa shape index (κ3) is 3.12. The van der Waals surface area contributed by atoms with Crippen molar-refractivity contribution in [1.82, 2.24) is 9.97 Å². The Hall–Kier alpha value is -2.21. The second-order valence-corrected chi connectivity index (χ2v) is 5.88. The smallest absolute Gasteiger partial charge is 0.250 e. The van der Waals surface area contributed by atoms with Crippen molar-refractivity contribution in [3.63, 3.8) is 0 Å². The third-order valence-corrected chi connectivity index (χ3v) is 4.01. The molecule has 118 valence electrons. The summed E-state index contributed by atoms with van der Waals surface area (Å²) in [6.07, 6.45) is 1.86. The fourth-order valence-electron chi connectivity index (χ4n) is 2.42. The lowest BCUT2D eigenvalue weighted by Gasteiger charge is -2.11. The first-order valence-corrected chi connectivity index (χ1v) is 7.72. The lowest BCUT2D eigenvalue weighted by molar-refractivity contribution is 0.366. The zero-order chi connectivity index (χ0) is 16.4. The van der Waals surface area contributed by atoms with E-state index in [0.29, 0.717) is 17.9 Å². The number of nitrogens with zero attached hydrogens (tertiary/aromatic N) is 2. The van der Waals surface area contributed by atoms with Gasteiger partial charge >= 0.3 is 0 Å². The van der Waals surface area contributed by atoms with Crippen LogP contribution in [0.4, 0.5) is 4.39 Å². The first-order valence-electron chi connectivity index (χ1n) is 6.93. The summed E-state index contributed by atoms with van der Waals surface area (Å²) in [5, 5.41) is 0.955. The van der Waals surface area contributed by atoms with Gasteiger partial charge < -0.3 is 9.47 Å². The van der Waals surface area contributed by atoms with Crippen LogP contribution in [0.3, 0.4) is 0 Å². The van der Waals surface area contributed by atoms with E-state index in [1.165, 1.54) is 13.3 Å². The van der Waals surface area contributed by atoms with Gasteiger partial charge in [0.2, 0.25) is 11.8 Å². The quantitative estimate of drug-likeness (QED) is 0.686. The van der Waals surface area contributed by atoms with Crippen LogP contribution in [0.15, 0.2) is 41.0 Å². The van der Waals surface area contributed by atoms with Crippen molar-refractivity contribution < 1.29 is 13.9 Å². The van der Waals surface area contributed by atoms with Gasteiger partial charge in [0.1, 0.15) is 0 Å². The van der Waals surface area contributed by atoms with Gasteiger partial charge in [-0.05, 0) is 35.9 Å². The normalized spacial score (nSPS) is 10.8. The largest absolute Gasteiger partial charge is 0.481 e. The molecule has 0 fully saturated rings. The summed E-state index contributed by atoms with van der Waals surface area (Å²) in [5.41, 5.74) is 2.10. The number of pyridine rings is 2. The fraction of sp³-hybridized carbons (Fsp3) is 0.176. The van der Waals surface area contributed by atoms with Crippen molar-refractivity contribution in [2.45, 2.75) is 6.42 Å². The predicted molar refractivity (Wildman–Crippen MR) is 89.5 cm³/mol. The molecule has 2 aromatic heterocycles. The summed E-state index contributed by atoms with van der Waals surface area (Å²) in [6.45, 7) is 0. The first kappa shape index (κ1) is 15.7. The summed E-state index contributed by atoms with van der Waals surface area (Å²) in [5.74, 6) is -0.000599. The van der Waals surface area contributed by atoms with Crippen LogP contribution in [0.5, 0.6) is 11.8 Å².